The van der Waals surface area contributed by atoms with Crippen LogP contribution in [0.5, 0.6) is 0 Å². The van der Waals surface area contributed by atoms with Gasteiger partial charge in [-0.05, 0) is 56.8 Å². The van der Waals surface area contributed by atoms with Gasteiger partial charge in [-0.3, -0.25) is 0 Å². The average Bonchev–Trinajstić information content (AvgIpc) is 2.34. The standard InChI is InChI=1S/C18H33BrOSi/c1-8-9-10-11-12-13-17(19)15-14-16(2)20-21(6,7)18(3,4)5/h8,13-16H,1,9-12H2,2-7H3/b15-14+,17-13-. The van der Waals surface area contributed by atoms with E-state index in [1.54, 1.807) is 0 Å². The molecule has 3 heteroatoms. The third-order valence-corrected chi connectivity index (χ3v) is 9.18. The van der Waals surface area contributed by atoms with Crippen LogP contribution in [0.1, 0.15) is 53.4 Å². The van der Waals surface area contributed by atoms with E-state index in [-0.39, 0.29) is 11.1 Å². The molecule has 0 aliphatic heterocycles. The molecule has 0 aliphatic rings. The van der Waals surface area contributed by atoms with Gasteiger partial charge in [-0.2, -0.15) is 0 Å². The fourth-order valence-corrected chi connectivity index (χ4v) is 3.39. The lowest BCUT2D eigenvalue weighted by Gasteiger charge is -2.37. The Bertz CT molecular complexity index is 364. The lowest BCUT2D eigenvalue weighted by Crippen LogP contribution is -2.42. The number of hydrogen-bond acceptors (Lipinski definition) is 1. The third-order valence-electron chi connectivity index (χ3n) is 4.01. The van der Waals surface area contributed by atoms with E-state index in [4.69, 9.17) is 4.43 Å². The van der Waals surface area contributed by atoms with E-state index >= 15 is 0 Å². The van der Waals surface area contributed by atoms with Crippen molar-refractivity contribution in [1.29, 1.82) is 0 Å². The highest BCUT2D eigenvalue weighted by Gasteiger charge is 2.37. The van der Waals surface area contributed by atoms with Gasteiger partial charge in [0, 0.05) is 4.48 Å². The first-order valence-electron chi connectivity index (χ1n) is 7.92. The van der Waals surface area contributed by atoms with Crippen LogP contribution in [0.25, 0.3) is 0 Å². The molecule has 0 rings (SSSR count). The third kappa shape index (κ3) is 9.49. The number of allylic oxidation sites excluding steroid dienone is 4. The predicted octanol–water partition coefficient (Wildman–Crippen LogP) is 6.98. The highest BCUT2D eigenvalue weighted by molar-refractivity contribution is 9.11. The summed E-state index contributed by atoms with van der Waals surface area (Å²) in [5.41, 5.74) is 0. The molecule has 0 spiro atoms. The first kappa shape index (κ1) is 20.9. The molecule has 0 amide bonds. The van der Waals surface area contributed by atoms with E-state index in [1.165, 1.54) is 12.8 Å². The molecule has 1 atom stereocenters. The van der Waals surface area contributed by atoms with Gasteiger partial charge in [0.2, 0.25) is 0 Å². The Balaban J connectivity index is 4.28. The summed E-state index contributed by atoms with van der Waals surface area (Å²) in [4.78, 5) is 0. The van der Waals surface area contributed by atoms with Crippen LogP contribution in [-0.2, 0) is 4.43 Å². The molecule has 0 aliphatic carbocycles. The van der Waals surface area contributed by atoms with Crippen molar-refractivity contribution in [2.45, 2.75) is 77.6 Å². The predicted molar refractivity (Wildman–Crippen MR) is 103 cm³/mol. The Morgan fingerprint density at radius 3 is 2.33 bits per heavy atom. The Hall–Kier alpha value is -0.123. The van der Waals surface area contributed by atoms with Crippen molar-refractivity contribution in [1.82, 2.24) is 0 Å². The minimum Gasteiger partial charge on any atom is -0.411 e. The summed E-state index contributed by atoms with van der Waals surface area (Å²) in [6.07, 6.45) is 13.3. The van der Waals surface area contributed by atoms with Gasteiger partial charge in [0.05, 0.1) is 6.10 Å². The molecule has 1 unspecified atom stereocenters. The Morgan fingerprint density at radius 2 is 1.81 bits per heavy atom. The largest absolute Gasteiger partial charge is 0.411 e. The van der Waals surface area contributed by atoms with Crippen molar-refractivity contribution < 1.29 is 4.43 Å². The Kier molecular flexibility index (Phi) is 9.75. The van der Waals surface area contributed by atoms with Crippen LogP contribution in [0.15, 0.2) is 35.4 Å². The molecule has 0 aromatic heterocycles. The van der Waals surface area contributed by atoms with Gasteiger partial charge in [0.1, 0.15) is 0 Å². The van der Waals surface area contributed by atoms with Crippen molar-refractivity contribution in [3.05, 3.63) is 35.4 Å². The van der Waals surface area contributed by atoms with Crippen molar-refractivity contribution in [3.8, 4) is 0 Å². The summed E-state index contributed by atoms with van der Waals surface area (Å²) in [6.45, 7) is 17.3. The van der Waals surface area contributed by atoms with Crippen molar-refractivity contribution in [2.75, 3.05) is 0 Å². The van der Waals surface area contributed by atoms with E-state index in [2.05, 4.69) is 81.5 Å². The molecule has 0 radical (unpaired) electrons. The van der Waals surface area contributed by atoms with Crippen LogP contribution < -0.4 is 0 Å². The molecular formula is C18H33BrOSi. The maximum Gasteiger partial charge on any atom is 0.192 e. The first-order chi connectivity index (χ1) is 9.60. The van der Waals surface area contributed by atoms with Crippen LogP contribution in [0.2, 0.25) is 18.1 Å². The van der Waals surface area contributed by atoms with Gasteiger partial charge in [-0.15, -0.1) is 6.58 Å². The molecule has 0 N–H and O–H groups in total. The lowest BCUT2D eigenvalue weighted by atomic mass is 10.2. The van der Waals surface area contributed by atoms with Crippen molar-refractivity contribution in [2.24, 2.45) is 0 Å². The van der Waals surface area contributed by atoms with Gasteiger partial charge >= 0.3 is 0 Å². The van der Waals surface area contributed by atoms with E-state index in [1.807, 2.05) is 6.08 Å². The fraction of sp³-hybridized carbons (Fsp3) is 0.667. The number of hydrogen-bond donors (Lipinski definition) is 0. The summed E-state index contributed by atoms with van der Waals surface area (Å²) in [5.74, 6) is 0. The minimum atomic E-state index is -1.68. The van der Waals surface area contributed by atoms with Gasteiger partial charge in [-0.1, -0.05) is 54.9 Å². The quantitative estimate of drug-likeness (QED) is 0.183. The monoisotopic (exact) mass is 372 g/mol. The molecule has 0 saturated heterocycles. The van der Waals surface area contributed by atoms with Crippen LogP contribution in [0.3, 0.4) is 0 Å². The molecule has 122 valence electrons. The fourth-order valence-electron chi connectivity index (χ4n) is 1.65. The Labute approximate surface area is 141 Å². The van der Waals surface area contributed by atoms with Crippen LogP contribution in [-0.4, -0.2) is 14.4 Å². The van der Waals surface area contributed by atoms with Crippen LogP contribution >= 0.6 is 15.9 Å². The molecule has 0 fully saturated rings. The van der Waals surface area contributed by atoms with E-state index in [0.717, 1.165) is 17.3 Å². The molecule has 1 nitrogen and oxygen atoms in total. The topological polar surface area (TPSA) is 9.23 Å². The van der Waals surface area contributed by atoms with E-state index in [9.17, 15) is 0 Å². The molecule has 0 heterocycles. The average molecular weight is 373 g/mol. The molecule has 0 aromatic rings. The second kappa shape index (κ2) is 9.81. The maximum absolute atomic E-state index is 6.30. The molecule has 21 heavy (non-hydrogen) atoms. The van der Waals surface area contributed by atoms with E-state index < -0.39 is 8.32 Å². The summed E-state index contributed by atoms with van der Waals surface area (Å²) in [7, 11) is -1.68. The van der Waals surface area contributed by atoms with Crippen LogP contribution in [0.4, 0.5) is 0 Å². The number of halogens is 1. The normalized spacial score (nSPS) is 15.5. The highest BCUT2D eigenvalue weighted by atomic mass is 79.9. The summed E-state index contributed by atoms with van der Waals surface area (Å²) in [5, 5.41) is 0.257. The van der Waals surface area contributed by atoms with Gasteiger partial charge < -0.3 is 4.43 Å². The van der Waals surface area contributed by atoms with Crippen molar-refractivity contribution in [3.63, 3.8) is 0 Å². The summed E-state index contributed by atoms with van der Waals surface area (Å²) < 4.78 is 7.45. The Morgan fingerprint density at radius 1 is 1.24 bits per heavy atom. The number of rotatable bonds is 9. The van der Waals surface area contributed by atoms with Gasteiger partial charge in [-0.25, -0.2) is 0 Å². The molecule has 0 aromatic carbocycles. The summed E-state index contributed by atoms with van der Waals surface area (Å²) in [6, 6.07) is 0. The zero-order chi connectivity index (χ0) is 16.5. The molecule has 0 saturated carbocycles. The minimum absolute atomic E-state index is 0.160. The van der Waals surface area contributed by atoms with Gasteiger partial charge in [0.25, 0.3) is 0 Å². The lowest BCUT2D eigenvalue weighted by molar-refractivity contribution is 0.243. The zero-order valence-corrected chi connectivity index (χ0v) is 17.3. The maximum atomic E-state index is 6.30. The molecule has 0 bridgehead atoms. The molecular weight excluding hydrogens is 340 g/mol. The van der Waals surface area contributed by atoms with Crippen LogP contribution in [0, 0.1) is 0 Å². The number of unbranched alkanes of at least 4 members (excludes halogenated alkanes) is 3. The highest BCUT2D eigenvalue weighted by Crippen LogP contribution is 2.37. The first-order valence-corrected chi connectivity index (χ1v) is 11.6. The van der Waals surface area contributed by atoms with Gasteiger partial charge in [0.15, 0.2) is 8.32 Å². The second-order valence-corrected chi connectivity index (χ2v) is 12.8. The van der Waals surface area contributed by atoms with E-state index in [0.29, 0.717) is 0 Å². The second-order valence-electron chi connectivity index (χ2n) is 7.10. The summed E-state index contributed by atoms with van der Waals surface area (Å²) >= 11 is 3.60. The van der Waals surface area contributed by atoms with Crippen molar-refractivity contribution >= 4 is 24.2 Å². The zero-order valence-electron chi connectivity index (χ0n) is 14.7. The SMILES string of the molecule is C=CCCCC/C=C(Br)/C=C/C(C)O[Si](C)(C)C(C)(C)C. The smallest absolute Gasteiger partial charge is 0.192 e.